The Morgan fingerprint density at radius 1 is 0.886 bits per heavy atom. The summed E-state index contributed by atoms with van der Waals surface area (Å²) in [7, 11) is 0. The van der Waals surface area contributed by atoms with Gasteiger partial charge in [-0.2, -0.15) is 0 Å². The van der Waals surface area contributed by atoms with Crippen molar-refractivity contribution in [1.82, 2.24) is 19.4 Å². The van der Waals surface area contributed by atoms with Crippen LogP contribution in [-0.2, 0) is 22.7 Å². The second-order valence-corrected chi connectivity index (χ2v) is 9.25. The van der Waals surface area contributed by atoms with Crippen molar-refractivity contribution < 1.29 is 9.59 Å². The summed E-state index contributed by atoms with van der Waals surface area (Å²) in [6.07, 6.45) is 3.08. The molecule has 1 aliphatic heterocycles. The average Bonchev–Trinajstić information content (AvgIpc) is 2.87. The van der Waals surface area contributed by atoms with Crippen LogP contribution in [0, 0.1) is 6.92 Å². The Morgan fingerprint density at radius 2 is 1.49 bits per heavy atom. The number of nitrogens with zero attached hydrogens (tertiary/aromatic N) is 3. The van der Waals surface area contributed by atoms with E-state index in [2.05, 4.69) is 5.32 Å². The first-order valence-corrected chi connectivity index (χ1v) is 12.2. The van der Waals surface area contributed by atoms with Crippen molar-refractivity contribution in [2.24, 2.45) is 0 Å². The summed E-state index contributed by atoms with van der Waals surface area (Å²) in [4.78, 5) is 53.1. The molecule has 0 unspecified atom stereocenters. The molecule has 2 amide bonds. The van der Waals surface area contributed by atoms with Crippen LogP contribution in [0.5, 0.6) is 0 Å². The molecule has 3 aromatic rings. The summed E-state index contributed by atoms with van der Waals surface area (Å²) in [5, 5.41) is 2.75. The third kappa shape index (κ3) is 5.53. The molecule has 1 aromatic heterocycles. The van der Waals surface area contributed by atoms with Gasteiger partial charge >= 0.3 is 11.1 Å². The van der Waals surface area contributed by atoms with Crippen LogP contribution < -0.4 is 16.4 Å². The first kappa shape index (κ1) is 24.4. The van der Waals surface area contributed by atoms with Crippen molar-refractivity contribution in [1.29, 1.82) is 0 Å². The fourth-order valence-corrected chi connectivity index (χ4v) is 4.60. The summed E-state index contributed by atoms with van der Waals surface area (Å²) in [5.41, 5.74) is 1.97. The van der Waals surface area contributed by atoms with E-state index in [0.717, 1.165) is 43.5 Å². The third-order valence-electron chi connectivity index (χ3n) is 6.58. The molecule has 0 radical (unpaired) electrons. The number of piperidine rings is 1. The van der Waals surface area contributed by atoms with Gasteiger partial charge in [-0.05, 0) is 50.8 Å². The van der Waals surface area contributed by atoms with Crippen molar-refractivity contribution >= 4 is 22.8 Å². The van der Waals surface area contributed by atoms with Crippen molar-refractivity contribution in [3.63, 3.8) is 0 Å². The lowest BCUT2D eigenvalue weighted by atomic mass is 10.1. The van der Waals surface area contributed by atoms with E-state index in [-0.39, 0.29) is 31.3 Å². The smallest absolute Gasteiger partial charge is 0.317 e. The molecule has 1 atom stereocenters. The molecule has 1 aliphatic rings. The lowest BCUT2D eigenvalue weighted by Crippen LogP contribution is -2.48. The van der Waals surface area contributed by atoms with Crippen LogP contribution >= 0.6 is 0 Å². The number of aromatic nitrogens is 2. The van der Waals surface area contributed by atoms with E-state index in [0.29, 0.717) is 11.0 Å². The number of likely N-dealkylation sites (tertiary alicyclic amines) is 1. The fraction of sp³-hybridized carbons (Fsp3) is 0.407. The molecule has 8 nitrogen and oxygen atoms in total. The van der Waals surface area contributed by atoms with Gasteiger partial charge in [-0.25, -0.2) is 0 Å². The predicted octanol–water partition coefficient (Wildman–Crippen LogP) is 2.43. The summed E-state index contributed by atoms with van der Waals surface area (Å²) in [6.45, 7) is 5.46. The zero-order valence-corrected chi connectivity index (χ0v) is 20.3. The van der Waals surface area contributed by atoms with E-state index in [1.54, 1.807) is 30.0 Å². The first-order valence-electron chi connectivity index (χ1n) is 12.2. The zero-order chi connectivity index (χ0) is 24.9. The van der Waals surface area contributed by atoms with Crippen molar-refractivity contribution in [2.45, 2.75) is 58.7 Å². The quantitative estimate of drug-likeness (QED) is 0.530. The van der Waals surface area contributed by atoms with Gasteiger partial charge in [-0.3, -0.25) is 23.7 Å². The largest absolute Gasteiger partial charge is 0.345 e. The highest BCUT2D eigenvalue weighted by Gasteiger charge is 2.23. The molecular weight excluding hydrogens is 444 g/mol. The van der Waals surface area contributed by atoms with Crippen molar-refractivity contribution in [3.8, 4) is 0 Å². The number of carbonyl (C=O) groups excluding carboxylic acids is 2. The molecule has 0 bridgehead atoms. The van der Waals surface area contributed by atoms with E-state index in [4.69, 9.17) is 0 Å². The Morgan fingerprint density at radius 3 is 2.14 bits per heavy atom. The van der Waals surface area contributed by atoms with Gasteiger partial charge in [0, 0.05) is 26.1 Å². The van der Waals surface area contributed by atoms with Gasteiger partial charge in [0.2, 0.25) is 11.8 Å². The maximum atomic E-state index is 13.0. The van der Waals surface area contributed by atoms with Gasteiger partial charge < -0.3 is 14.8 Å². The Bertz CT molecular complexity index is 1330. The fourth-order valence-electron chi connectivity index (χ4n) is 4.60. The molecule has 184 valence electrons. The number of hydrogen-bond donors (Lipinski definition) is 1. The molecule has 0 saturated carbocycles. The molecule has 2 aromatic carbocycles. The highest BCUT2D eigenvalue weighted by Crippen LogP contribution is 2.14. The van der Waals surface area contributed by atoms with Crippen molar-refractivity contribution in [2.75, 3.05) is 13.1 Å². The van der Waals surface area contributed by atoms with Gasteiger partial charge in [0.1, 0.15) is 6.04 Å². The highest BCUT2D eigenvalue weighted by atomic mass is 16.2. The molecule has 4 rings (SSSR count). The normalized spacial score (nSPS) is 14.6. The van der Waals surface area contributed by atoms with Gasteiger partial charge in [0.15, 0.2) is 0 Å². The van der Waals surface area contributed by atoms with Crippen LogP contribution in [0.15, 0.2) is 58.1 Å². The van der Waals surface area contributed by atoms with Crippen LogP contribution in [0.2, 0.25) is 0 Å². The SMILES string of the molecule is Cc1ccc(Cn2c(=O)c(=O)n(CCC(=O)N[C@@H](C)C(=O)N3CCCCC3)c3ccccc32)cc1. The highest BCUT2D eigenvalue weighted by molar-refractivity contribution is 5.87. The van der Waals surface area contributed by atoms with E-state index in [1.165, 1.54) is 9.13 Å². The lowest BCUT2D eigenvalue weighted by Gasteiger charge is -2.29. The number of fused-ring (bicyclic) bond motifs is 1. The third-order valence-corrected chi connectivity index (χ3v) is 6.58. The van der Waals surface area contributed by atoms with Crippen LogP contribution in [-0.4, -0.2) is 45.0 Å². The second kappa shape index (κ2) is 10.7. The number of benzene rings is 2. The molecule has 2 heterocycles. The summed E-state index contributed by atoms with van der Waals surface area (Å²) in [5.74, 6) is -0.415. The average molecular weight is 477 g/mol. The van der Waals surface area contributed by atoms with Crippen LogP contribution in [0.25, 0.3) is 11.0 Å². The minimum atomic E-state index is -0.666. The molecule has 1 fully saturated rings. The molecule has 1 saturated heterocycles. The topological polar surface area (TPSA) is 93.4 Å². The van der Waals surface area contributed by atoms with Gasteiger partial charge in [0.25, 0.3) is 0 Å². The minimum Gasteiger partial charge on any atom is -0.345 e. The number of amides is 2. The number of rotatable bonds is 7. The van der Waals surface area contributed by atoms with Crippen LogP contribution in [0.4, 0.5) is 0 Å². The predicted molar refractivity (Wildman–Crippen MR) is 135 cm³/mol. The van der Waals surface area contributed by atoms with E-state index >= 15 is 0 Å². The molecule has 35 heavy (non-hydrogen) atoms. The van der Waals surface area contributed by atoms with Crippen molar-refractivity contribution in [3.05, 3.63) is 80.4 Å². The second-order valence-electron chi connectivity index (χ2n) is 9.25. The van der Waals surface area contributed by atoms with Gasteiger partial charge in [-0.1, -0.05) is 42.0 Å². The standard InChI is InChI=1S/C27H32N4O4/c1-19-10-12-21(13-11-19)18-31-23-9-5-4-8-22(23)30(26(34)27(31)35)17-14-24(32)28-20(2)25(33)29-15-6-3-7-16-29/h4-5,8-13,20H,3,6-7,14-18H2,1-2H3,(H,28,32)/t20-/m0/s1. The molecule has 0 aliphatic carbocycles. The maximum Gasteiger partial charge on any atom is 0.317 e. The molecular formula is C27H32N4O4. The number of nitrogens with one attached hydrogen (secondary N) is 1. The van der Waals surface area contributed by atoms with Crippen LogP contribution in [0.3, 0.4) is 0 Å². The molecule has 0 spiro atoms. The van der Waals surface area contributed by atoms with Gasteiger partial charge in [0.05, 0.1) is 17.6 Å². The lowest BCUT2D eigenvalue weighted by molar-refractivity contribution is -0.136. The Balaban J connectivity index is 1.51. The van der Waals surface area contributed by atoms with Gasteiger partial charge in [-0.15, -0.1) is 0 Å². The van der Waals surface area contributed by atoms with E-state index < -0.39 is 17.2 Å². The number of carbonyl (C=O) groups is 2. The number of para-hydroxylation sites is 2. The Labute approximate surface area is 204 Å². The Hall–Kier alpha value is -3.68. The Kier molecular flexibility index (Phi) is 7.48. The zero-order valence-electron chi connectivity index (χ0n) is 20.3. The summed E-state index contributed by atoms with van der Waals surface area (Å²) < 4.78 is 2.85. The maximum absolute atomic E-state index is 13.0. The summed E-state index contributed by atoms with van der Waals surface area (Å²) >= 11 is 0. The summed E-state index contributed by atoms with van der Waals surface area (Å²) in [6, 6.07) is 14.4. The van der Waals surface area contributed by atoms with E-state index in [1.807, 2.05) is 37.3 Å². The van der Waals surface area contributed by atoms with E-state index in [9.17, 15) is 19.2 Å². The van der Waals surface area contributed by atoms with Crippen LogP contribution in [0.1, 0.15) is 43.7 Å². The molecule has 1 N–H and O–H groups in total. The first-order chi connectivity index (χ1) is 16.8. The minimum absolute atomic E-state index is 0.0110. The number of aryl methyl sites for hydroxylation is 2. The number of hydrogen-bond acceptors (Lipinski definition) is 4. The molecule has 8 heteroatoms. The monoisotopic (exact) mass is 476 g/mol.